The zero-order chi connectivity index (χ0) is 15.0. The third-order valence-corrected chi connectivity index (χ3v) is 7.30. The standard InChI is InChI=1S/C14H24N2O4S/c15-9-10-5-6-12(20-10)14(17)16-7-8-21(18,19)13-4-2-1-3-11(13)16/h10-13H,1-9,15H2/t10-,11?,12+,13?/m1/s1. The number of amides is 1. The van der Waals surface area contributed by atoms with Crippen molar-refractivity contribution in [3.8, 4) is 0 Å². The summed E-state index contributed by atoms with van der Waals surface area (Å²) in [7, 11) is -3.04. The first-order valence-electron chi connectivity index (χ1n) is 7.90. The van der Waals surface area contributed by atoms with E-state index in [9.17, 15) is 13.2 Å². The normalized spacial score (nSPS) is 39.0. The lowest BCUT2D eigenvalue weighted by atomic mass is 9.93. The number of ether oxygens (including phenoxy) is 1. The predicted octanol–water partition coefficient (Wildman–Crippen LogP) is 0.0609. The zero-order valence-corrected chi connectivity index (χ0v) is 13.1. The number of rotatable bonds is 2. The number of fused-ring (bicyclic) bond motifs is 1. The van der Waals surface area contributed by atoms with Gasteiger partial charge in [-0.3, -0.25) is 4.79 Å². The third kappa shape index (κ3) is 2.83. The minimum atomic E-state index is -3.04. The van der Waals surface area contributed by atoms with Gasteiger partial charge in [-0.2, -0.15) is 0 Å². The van der Waals surface area contributed by atoms with Gasteiger partial charge in [0, 0.05) is 19.1 Å². The summed E-state index contributed by atoms with van der Waals surface area (Å²) in [4.78, 5) is 14.5. The van der Waals surface area contributed by atoms with E-state index in [-0.39, 0.29) is 29.1 Å². The Bertz CT molecular complexity index is 507. The van der Waals surface area contributed by atoms with Crippen LogP contribution in [0, 0.1) is 0 Å². The van der Waals surface area contributed by atoms with Crippen molar-refractivity contribution in [2.45, 2.75) is 62.0 Å². The monoisotopic (exact) mass is 316 g/mol. The highest BCUT2D eigenvalue weighted by Gasteiger charge is 2.46. The molecule has 2 heterocycles. The Morgan fingerprint density at radius 1 is 1.19 bits per heavy atom. The number of nitrogens with zero attached hydrogens (tertiary/aromatic N) is 1. The van der Waals surface area contributed by atoms with Crippen LogP contribution in [-0.2, 0) is 19.4 Å². The van der Waals surface area contributed by atoms with Crippen LogP contribution in [0.4, 0.5) is 0 Å². The molecule has 2 unspecified atom stereocenters. The summed E-state index contributed by atoms with van der Waals surface area (Å²) < 4.78 is 30.1. The van der Waals surface area contributed by atoms with E-state index < -0.39 is 15.9 Å². The minimum Gasteiger partial charge on any atom is -0.364 e. The SMILES string of the molecule is NC[C@H]1CC[C@@H](C(=O)N2CCS(=O)(=O)C3CCCCC32)O1. The van der Waals surface area contributed by atoms with Crippen LogP contribution in [0.25, 0.3) is 0 Å². The van der Waals surface area contributed by atoms with E-state index in [1.54, 1.807) is 4.90 Å². The molecule has 2 saturated heterocycles. The number of carbonyl (C=O) groups excluding carboxylic acids is 1. The Balaban J connectivity index is 1.74. The predicted molar refractivity (Wildman–Crippen MR) is 78.5 cm³/mol. The van der Waals surface area contributed by atoms with Gasteiger partial charge in [0.2, 0.25) is 0 Å². The number of sulfone groups is 1. The van der Waals surface area contributed by atoms with Gasteiger partial charge in [0.05, 0.1) is 17.1 Å². The molecule has 2 aliphatic heterocycles. The molecule has 3 fully saturated rings. The molecule has 6 nitrogen and oxygen atoms in total. The summed E-state index contributed by atoms with van der Waals surface area (Å²) in [5, 5.41) is -0.365. The van der Waals surface area contributed by atoms with Crippen molar-refractivity contribution < 1.29 is 17.9 Å². The number of hydrogen-bond donors (Lipinski definition) is 1. The number of carbonyl (C=O) groups is 1. The summed E-state index contributed by atoms with van der Waals surface area (Å²) in [6.07, 6.45) is 4.47. The van der Waals surface area contributed by atoms with Crippen LogP contribution >= 0.6 is 0 Å². The molecule has 3 aliphatic rings. The molecule has 1 aliphatic carbocycles. The van der Waals surface area contributed by atoms with Crippen LogP contribution in [0.2, 0.25) is 0 Å². The van der Waals surface area contributed by atoms with Crippen LogP contribution in [-0.4, -0.2) is 61.6 Å². The molecule has 1 saturated carbocycles. The maximum atomic E-state index is 12.7. The smallest absolute Gasteiger partial charge is 0.252 e. The van der Waals surface area contributed by atoms with Crippen molar-refractivity contribution in [3.05, 3.63) is 0 Å². The molecule has 2 N–H and O–H groups in total. The second kappa shape index (κ2) is 5.85. The summed E-state index contributed by atoms with van der Waals surface area (Å²) >= 11 is 0. The molecule has 0 aromatic heterocycles. The fourth-order valence-corrected chi connectivity index (χ4v) is 5.96. The summed E-state index contributed by atoms with van der Waals surface area (Å²) in [6.45, 7) is 0.750. The summed E-state index contributed by atoms with van der Waals surface area (Å²) in [5.74, 6) is 0.0604. The highest BCUT2D eigenvalue weighted by molar-refractivity contribution is 7.92. The average Bonchev–Trinajstić information content (AvgIpc) is 2.96. The molecule has 0 bridgehead atoms. The van der Waals surface area contributed by atoms with Gasteiger partial charge in [-0.15, -0.1) is 0 Å². The van der Waals surface area contributed by atoms with E-state index in [1.165, 1.54) is 0 Å². The first-order valence-corrected chi connectivity index (χ1v) is 9.62. The number of hydrogen-bond acceptors (Lipinski definition) is 5. The topological polar surface area (TPSA) is 89.7 Å². The molecule has 120 valence electrons. The lowest BCUT2D eigenvalue weighted by Gasteiger charge is -2.44. The van der Waals surface area contributed by atoms with Crippen molar-refractivity contribution in [1.82, 2.24) is 4.90 Å². The van der Waals surface area contributed by atoms with Gasteiger partial charge < -0.3 is 15.4 Å². The molecule has 1 amide bonds. The van der Waals surface area contributed by atoms with Crippen LogP contribution in [0.3, 0.4) is 0 Å². The second-order valence-electron chi connectivity index (χ2n) is 6.35. The molecule has 0 radical (unpaired) electrons. The Morgan fingerprint density at radius 2 is 1.95 bits per heavy atom. The van der Waals surface area contributed by atoms with E-state index in [0.29, 0.717) is 25.9 Å². The van der Waals surface area contributed by atoms with E-state index >= 15 is 0 Å². The molecule has 4 atom stereocenters. The van der Waals surface area contributed by atoms with Crippen molar-refractivity contribution in [3.63, 3.8) is 0 Å². The highest BCUT2D eigenvalue weighted by atomic mass is 32.2. The fourth-order valence-electron chi connectivity index (χ4n) is 3.91. The molecule has 3 rings (SSSR count). The van der Waals surface area contributed by atoms with Crippen molar-refractivity contribution in [2.75, 3.05) is 18.8 Å². The highest BCUT2D eigenvalue weighted by Crippen LogP contribution is 2.33. The van der Waals surface area contributed by atoms with Gasteiger partial charge in [0.15, 0.2) is 9.84 Å². The molecule has 0 aromatic rings. The van der Waals surface area contributed by atoms with E-state index in [2.05, 4.69) is 0 Å². The molecular weight excluding hydrogens is 292 g/mol. The minimum absolute atomic E-state index is 0.0299. The van der Waals surface area contributed by atoms with Gasteiger partial charge in [0.25, 0.3) is 5.91 Å². The molecule has 21 heavy (non-hydrogen) atoms. The lowest BCUT2D eigenvalue weighted by molar-refractivity contribution is -0.145. The van der Waals surface area contributed by atoms with Crippen molar-refractivity contribution >= 4 is 15.7 Å². The van der Waals surface area contributed by atoms with E-state index in [0.717, 1.165) is 25.7 Å². The van der Waals surface area contributed by atoms with Crippen LogP contribution < -0.4 is 5.73 Å². The van der Waals surface area contributed by atoms with Gasteiger partial charge in [-0.1, -0.05) is 12.8 Å². The Morgan fingerprint density at radius 3 is 2.67 bits per heavy atom. The van der Waals surface area contributed by atoms with Gasteiger partial charge in [0.1, 0.15) is 6.10 Å². The lowest BCUT2D eigenvalue weighted by Crippen LogP contribution is -2.59. The summed E-state index contributed by atoms with van der Waals surface area (Å²) in [6, 6.07) is -0.148. The van der Waals surface area contributed by atoms with Gasteiger partial charge >= 0.3 is 0 Å². The van der Waals surface area contributed by atoms with E-state index in [1.807, 2.05) is 0 Å². The maximum Gasteiger partial charge on any atom is 0.252 e. The molecule has 0 aromatic carbocycles. The third-order valence-electron chi connectivity index (χ3n) is 5.07. The molecule has 0 spiro atoms. The average molecular weight is 316 g/mol. The molecular formula is C14H24N2O4S. The van der Waals surface area contributed by atoms with Crippen LogP contribution in [0.1, 0.15) is 38.5 Å². The Kier molecular flexibility index (Phi) is 4.25. The van der Waals surface area contributed by atoms with Crippen LogP contribution in [0.15, 0.2) is 0 Å². The van der Waals surface area contributed by atoms with Gasteiger partial charge in [-0.05, 0) is 25.7 Å². The maximum absolute atomic E-state index is 12.7. The second-order valence-corrected chi connectivity index (χ2v) is 8.69. The largest absolute Gasteiger partial charge is 0.364 e. The number of nitrogens with two attached hydrogens (primary N) is 1. The zero-order valence-electron chi connectivity index (χ0n) is 12.2. The Hall–Kier alpha value is -0.660. The quantitative estimate of drug-likeness (QED) is 0.778. The first kappa shape index (κ1) is 15.2. The first-order chi connectivity index (χ1) is 10.0. The van der Waals surface area contributed by atoms with Crippen LogP contribution in [0.5, 0.6) is 0 Å². The molecule has 7 heteroatoms. The summed E-state index contributed by atoms with van der Waals surface area (Å²) in [5.41, 5.74) is 5.59. The van der Waals surface area contributed by atoms with Crippen molar-refractivity contribution in [1.29, 1.82) is 0 Å². The Labute approximate surface area is 125 Å². The fraction of sp³-hybridized carbons (Fsp3) is 0.929. The van der Waals surface area contributed by atoms with E-state index in [4.69, 9.17) is 10.5 Å². The van der Waals surface area contributed by atoms with Gasteiger partial charge in [-0.25, -0.2) is 8.42 Å². The van der Waals surface area contributed by atoms with Crippen molar-refractivity contribution in [2.24, 2.45) is 5.73 Å².